The molecule has 0 unspecified atom stereocenters. The van der Waals surface area contributed by atoms with Crippen LogP contribution < -0.4 is 18.9 Å². The van der Waals surface area contributed by atoms with Gasteiger partial charge in [-0.1, -0.05) is 12.1 Å². The number of aromatic carboxylic acids is 2. The van der Waals surface area contributed by atoms with Gasteiger partial charge in [0.15, 0.2) is 0 Å². The van der Waals surface area contributed by atoms with Crippen LogP contribution in [0, 0.1) is 0 Å². The third kappa shape index (κ3) is 8.13. The van der Waals surface area contributed by atoms with Crippen LogP contribution >= 0.6 is 0 Å². The average molecular weight is 478 g/mol. The maximum Gasteiger partial charge on any atom is 0.343 e. The number of carbonyl (C=O) groups is 2. The summed E-state index contributed by atoms with van der Waals surface area (Å²) in [5, 5.41) is 18.8. The number of hydrogen-bond acceptors (Lipinski definition) is 8. The zero-order valence-electron chi connectivity index (χ0n) is 19.3. The Balaban J connectivity index is 1.65. The highest BCUT2D eigenvalue weighted by Crippen LogP contribution is 2.29. The molecule has 0 bridgehead atoms. The molecule has 2 rings (SSSR count). The third-order valence-corrected chi connectivity index (χ3v) is 4.35. The molecule has 0 spiro atoms. The standard InChI is InChI=1S/C24H30O10/c1-3-31-17-7-5-9-19(21(17)23(25)26)33-15-13-29-11-12-30-14-16-34-20-10-6-8-18(32-4-2)22(20)24(27)28/h5-10H,3-4,11-16H2,1-2H3,(H,25,26)(H,27,28). The van der Waals surface area contributed by atoms with E-state index in [1.807, 2.05) is 0 Å². The topological polar surface area (TPSA) is 130 Å². The summed E-state index contributed by atoms with van der Waals surface area (Å²) in [6, 6.07) is 9.61. The normalized spacial score (nSPS) is 10.5. The fourth-order valence-electron chi connectivity index (χ4n) is 2.98. The van der Waals surface area contributed by atoms with Crippen molar-refractivity contribution in [2.75, 3.05) is 52.9 Å². The summed E-state index contributed by atoms with van der Waals surface area (Å²) in [6.45, 7) is 5.64. The molecule has 0 aromatic heterocycles. The Labute approximate surface area is 197 Å². The Morgan fingerprint density at radius 2 is 0.912 bits per heavy atom. The Morgan fingerprint density at radius 1 is 0.588 bits per heavy atom. The van der Waals surface area contributed by atoms with E-state index in [0.717, 1.165) is 0 Å². The molecule has 34 heavy (non-hydrogen) atoms. The Kier molecular flexibility index (Phi) is 11.5. The molecule has 2 aromatic carbocycles. The van der Waals surface area contributed by atoms with E-state index in [0.29, 0.717) is 26.4 Å². The molecule has 0 amide bonds. The van der Waals surface area contributed by atoms with Crippen molar-refractivity contribution in [2.24, 2.45) is 0 Å². The quantitative estimate of drug-likeness (QED) is 0.326. The molecule has 2 N–H and O–H groups in total. The highest BCUT2D eigenvalue weighted by Gasteiger charge is 2.18. The zero-order valence-corrected chi connectivity index (χ0v) is 19.3. The average Bonchev–Trinajstić information content (AvgIpc) is 2.80. The maximum atomic E-state index is 11.5. The van der Waals surface area contributed by atoms with E-state index < -0.39 is 11.9 Å². The number of ether oxygens (including phenoxy) is 6. The van der Waals surface area contributed by atoms with Crippen LogP contribution in [0.2, 0.25) is 0 Å². The highest BCUT2D eigenvalue weighted by atomic mass is 16.6. The molecule has 0 saturated carbocycles. The molecule has 0 aliphatic rings. The summed E-state index contributed by atoms with van der Waals surface area (Å²) in [4.78, 5) is 23.0. The minimum atomic E-state index is -1.13. The van der Waals surface area contributed by atoms with Crippen LogP contribution in [0.5, 0.6) is 23.0 Å². The van der Waals surface area contributed by atoms with E-state index in [1.54, 1.807) is 50.2 Å². The Hall–Kier alpha value is -3.50. The van der Waals surface area contributed by atoms with Crippen molar-refractivity contribution in [1.29, 1.82) is 0 Å². The largest absolute Gasteiger partial charge is 0.493 e. The van der Waals surface area contributed by atoms with Crippen molar-refractivity contribution in [1.82, 2.24) is 0 Å². The lowest BCUT2D eigenvalue weighted by Crippen LogP contribution is -2.15. The zero-order chi connectivity index (χ0) is 24.8. The van der Waals surface area contributed by atoms with Crippen LogP contribution in [-0.4, -0.2) is 75.0 Å². The van der Waals surface area contributed by atoms with E-state index in [9.17, 15) is 19.8 Å². The van der Waals surface area contributed by atoms with Gasteiger partial charge in [-0.3, -0.25) is 0 Å². The fourth-order valence-corrected chi connectivity index (χ4v) is 2.98. The van der Waals surface area contributed by atoms with Crippen molar-refractivity contribution >= 4 is 11.9 Å². The molecule has 186 valence electrons. The van der Waals surface area contributed by atoms with Crippen molar-refractivity contribution < 1.29 is 48.2 Å². The van der Waals surface area contributed by atoms with Crippen molar-refractivity contribution in [3.05, 3.63) is 47.5 Å². The van der Waals surface area contributed by atoms with Crippen molar-refractivity contribution in [3.63, 3.8) is 0 Å². The van der Waals surface area contributed by atoms with Gasteiger partial charge in [-0.2, -0.15) is 0 Å². The second-order valence-electron chi connectivity index (χ2n) is 6.66. The lowest BCUT2D eigenvalue weighted by molar-refractivity contribution is 0.0269. The van der Waals surface area contributed by atoms with Gasteiger partial charge < -0.3 is 38.6 Å². The van der Waals surface area contributed by atoms with E-state index in [2.05, 4.69) is 0 Å². The molecule has 0 heterocycles. The molecule has 2 aromatic rings. The first-order valence-corrected chi connectivity index (χ1v) is 10.9. The molecule has 0 fully saturated rings. The molecule has 10 heteroatoms. The summed E-state index contributed by atoms with van der Waals surface area (Å²) < 4.78 is 32.6. The SMILES string of the molecule is CCOc1cccc(OCCOCCOCCOc2cccc(OCC)c2C(=O)O)c1C(=O)O. The number of carboxylic acids is 2. The van der Waals surface area contributed by atoms with Gasteiger partial charge in [-0.15, -0.1) is 0 Å². The first-order valence-electron chi connectivity index (χ1n) is 10.9. The van der Waals surface area contributed by atoms with Gasteiger partial charge in [-0.25, -0.2) is 9.59 Å². The highest BCUT2D eigenvalue weighted by molar-refractivity contribution is 5.94. The lowest BCUT2D eigenvalue weighted by atomic mass is 10.2. The van der Waals surface area contributed by atoms with Crippen LogP contribution in [0.25, 0.3) is 0 Å². The summed E-state index contributed by atoms with van der Waals surface area (Å²) in [5.74, 6) is -1.33. The van der Waals surface area contributed by atoms with Gasteiger partial charge in [-0.05, 0) is 38.1 Å². The molecule has 0 atom stereocenters. The van der Waals surface area contributed by atoms with Crippen LogP contribution in [0.3, 0.4) is 0 Å². The summed E-state index contributed by atoms with van der Waals surface area (Å²) in [7, 11) is 0. The fraction of sp³-hybridized carbons (Fsp3) is 0.417. The first kappa shape index (κ1) is 26.7. The first-order chi connectivity index (χ1) is 16.5. The van der Waals surface area contributed by atoms with E-state index in [4.69, 9.17) is 28.4 Å². The predicted octanol–water partition coefficient (Wildman–Crippen LogP) is 3.37. The van der Waals surface area contributed by atoms with Gasteiger partial charge in [0.05, 0.1) is 39.6 Å². The minimum absolute atomic E-state index is 0.0227. The molecule has 0 radical (unpaired) electrons. The Bertz CT molecular complexity index is 852. The van der Waals surface area contributed by atoms with E-state index in [1.165, 1.54) is 0 Å². The Morgan fingerprint density at radius 3 is 1.24 bits per heavy atom. The smallest absolute Gasteiger partial charge is 0.343 e. The lowest BCUT2D eigenvalue weighted by Gasteiger charge is -2.13. The van der Waals surface area contributed by atoms with E-state index in [-0.39, 0.29) is 60.6 Å². The number of benzene rings is 2. The van der Waals surface area contributed by atoms with Crippen LogP contribution in [0.15, 0.2) is 36.4 Å². The van der Waals surface area contributed by atoms with E-state index >= 15 is 0 Å². The molecule has 0 aliphatic carbocycles. The molecular weight excluding hydrogens is 448 g/mol. The molecular formula is C24H30O10. The van der Waals surface area contributed by atoms with Crippen LogP contribution in [0.4, 0.5) is 0 Å². The second kappa shape index (κ2) is 14.6. The van der Waals surface area contributed by atoms with Gasteiger partial charge >= 0.3 is 11.9 Å². The van der Waals surface area contributed by atoms with Gasteiger partial charge in [0.2, 0.25) is 0 Å². The van der Waals surface area contributed by atoms with Crippen molar-refractivity contribution in [2.45, 2.75) is 13.8 Å². The number of hydrogen-bond donors (Lipinski definition) is 2. The molecule has 0 aliphatic heterocycles. The van der Waals surface area contributed by atoms with Crippen LogP contribution in [0.1, 0.15) is 34.6 Å². The van der Waals surface area contributed by atoms with Crippen molar-refractivity contribution in [3.8, 4) is 23.0 Å². The predicted molar refractivity (Wildman–Crippen MR) is 122 cm³/mol. The number of carboxylic acid groups (broad SMARTS) is 2. The monoisotopic (exact) mass is 478 g/mol. The molecule has 0 saturated heterocycles. The molecule has 10 nitrogen and oxygen atoms in total. The van der Waals surface area contributed by atoms with Gasteiger partial charge in [0, 0.05) is 0 Å². The minimum Gasteiger partial charge on any atom is -0.493 e. The number of rotatable bonds is 17. The summed E-state index contributed by atoms with van der Waals surface area (Å²) in [6.07, 6.45) is 0. The van der Waals surface area contributed by atoms with Gasteiger partial charge in [0.1, 0.15) is 47.3 Å². The summed E-state index contributed by atoms with van der Waals surface area (Å²) in [5.41, 5.74) is -0.0453. The van der Waals surface area contributed by atoms with Crippen LogP contribution in [-0.2, 0) is 9.47 Å². The van der Waals surface area contributed by atoms with Gasteiger partial charge in [0.25, 0.3) is 0 Å². The maximum absolute atomic E-state index is 11.5. The third-order valence-electron chi connectivity index (χ3n) is 4.35. The second-order valence-corrected chi connectivity index (χ2v) is 6.66. The summed E-state index contributed by atoms with van der Waals surface area (Å²) >= 11 is 0.